The third-order valence-corrected chi connectivity index (χ3v) is 3.59. The van der Waals surface area contributed by atoms with E-state index in [1.165, 1.54) is 6.07 Å². The van der Waals surface area contributed by atoms with E-state index < -0.39 is 10.8 Å². The summed E-state index contributed by atoms with van der Waals surface area (Å²) in [4.78, 5) is 26.0. The first kappa shape index (κ1) is 17.4. The van der Waals surface area contributed by atoms with Gasteiger partial charge in [-0.1, -0.05) is 44.7 Å². The fraction of sp³-hybridized carbons (Fsp3) is 0.571. The fourth-order valence-corrected chi connectivity index (χ4v) is 2.18. The molecule has 0 fully saturated rings. The van der Waals surface area contributed by atoms with Gasteiger partial charge >= 0.3 is 0 Å². The lowest BCUT2D eigenvalue weighted by Crippen LogP contribution is -2.29. The zero-order valence-electron chi connectivity index (χ0n) is 12.3. The van der Waals surface area contributed by atoms with Gasteiger partial charge in [-0.25, -0.2) is 4.98 Å². The Morgan fingerprint density at radius 3 is 2.81 bits per heavy atom. The molecule has 0 bridgehead atoms. The molecule has 1 unspecified atom stereocenters. The molecule has 1 aromatic heterocycles. The number of pyridine rings is 1. The number of nitro groups is 1. The summed E-state index contributed by atoms with van der Waals surface area (Å²) >= 11 is 5.71. The molecule has 0 radical (unpaired) electrons. The number of amides is 1. The van der Waals surface area contributed by atoms with E-state index in [2.05, 4.69) is 24.1 Å². The van der Waals surface area contributed by atoms with Crippen LogP contribution in [0.25, 0.3) is 0 Å². The molecule has 0 aliphatic rings. The standard InChI is InChI=1S/C14H20ClN3O3/c1-3-5-6-10(4-2)8-17-14(19)11-7-13(15)16-9-12(11)18(20)21/h7,9-10H,3-6,8H2,1-2H3,(H,17,19). The molecule has 116 valence electrons. The van der Waals surface area contributed by atoms with Gasteiger partial charge in [0.25, 0.3) is 11.6 Å². The van der Waals surface area contributed by atoms with Gasteiger partial charge in [-0.2, -0.15) is 0 Å². The second-order valence-electron chi connectivity index (χ2n) is 4.91. The molecule has 0 aromatic carbocycles. The zero-order chi connectivity index (χ0) is 15.8. The third kappa shape index (κ3) is 5.30. The van der Waals surface area contributed by atoms with E-state index in [1.807, 2.05) is 0 Å². The van der Waals surface area contributed by atoms with Crippen molar-refractivity contribution in [2.75, 3.05) is 6.54 Å². The van der Waals surface area contributed by atoms with Crippen molar-refractivity contribution in [1.29, 1.82) is 0 Å². The molecule has 0 aliphatic carbocycles. The predicted octanol–water partition coefficient (Wildman–Crippen LogP) is 3.59. The van der Waals surface area contributed by atoms with Gasteiger partial charge in [0, 0.05) is 6.54 Å². The third-order valence-electron chi connectivity index (χ3n) is 3.39. The first-order valence-electron chi connectivity index (χ1n) is 7.07. The normalized spacial score (nSPS) is 12.0. The Labute approximate surface area is 129 Å². The van der Waals surface area contributed by atoms with E-state index in [0.717, 1.165) is 31.9 Å². The number of carbonyl (C=O) groups is 1. The van der Waals surface area contributed by atoms with Crippen molar-refractivity contribution in [2.24, 2.45) is 5.92 Å². The average molecular weight is 314 g/mol. The van der Waals surface area contributed by atoms with Crippen molar-refractivity contribution in [3.05, 3.63) is 33.1 Å². The number of nitrogens with one attached hydrogen (secondary N) is 1. The highest BCUT2D eigenvalue weighted by Gasteiger charge is 2.21. The molecule has 1 rings (SSSR count). The molecule has 1 amide bonds. The Bertz CT molecular complexity index is 508. The highest BCUT2D eigenvalue weighted by Crippen LogP contribution is 2.20. The Balaban J connectivity index is 2.75. The maximum atomic E-state index is 12.1. The van der Waals surface area contributed by atoms with E-state index in [1.54, 1.807) is 0 Å². The van der Waals surface area contributed by atoms with E-state index in [-0.39, 0.29) is 16.4 Å². The van der Waals surface area contributed by atoms with Crippen LogP contribution in [0.5, 0.6) is 0 Å². The van der Waals surface area contributed by atoms with Crippen LogP contribution in [0.3, 0.4) is 0 Å². The average Bonchev–Trinajstić information content (AvgIpc) is 2.46. The number of halogens is 1. The number of carbonyl (C=O) groups excluding carboxylic acids is 1. The maximum absolute atomic E-state index is 12.1. The SMILES string of the molecule is CCCCC(CC)CNC(=O)c1cc(Cl)ncc1[N+](=O)[O-]. The molecule has 7 heteroatoms. The Morgan fingerprint density at radius 2 is 2.24 bits per heavy atom. The van der Waals surface area contributed by atoms with Crippen molar-refractivity contribution >= 4 is 23.2 Å². The molecule has 1 atom stereocenters. The number of nitrogens with zero attached hydrogens (tertiary/aromatic N) is 2. The second-order valence-corrected chi connectivity index (χ2v) is 5.30. The van der Waals surface area contributed by atoms with Crippen LogP contribution >= 0.6 is 11.6 Å². The van der Waals surface area contributed by atoms with Gasteiger partial charge in [-0.3, -0.25) is 14.9 Å². The quantitative estimate of drug-likeness (QED) is 0.451. The summed E-state index contributed by atoms with van der Waals surface area (Å²) in [5, 5.41) is 13.7. The van der Waals surface area contributed by atoms with Crippen LogP contribution < -0.4 is 5.32 Å². The number of hydrogen-bond acceptors (Lipinski definition) is 4. The van der Waals surface area contributed by atoms with Crippen molar-refractivity contribution in [3.63, 3.8) is 0 Å². The molecule has 0 saturated heterocycles. The molecule has 0 saturated carbocycles. The highest BCUT2D eigenvalue weighted by molar-refractivity contribution is 6.29. The van der Waals surface area contributed by atoms with Crippen LogP contribution in [0.2, 0.25) is 5.15 Å². The minimum Gasteiger partial charge on any atom is -0.352 e. The second kappa shape index (κ2) is 8.56. The molecule has 21 heavy (non-hydrogen) atoms. The molecule has 0 spiro atoms. The predicted molar refractivity (Wildman–Crippen MR) is 81.5 cm³/mol. The van der Waals surface area contributed by atoms with Crippen LogP contribution in [0.15, 0.2) is 12.3 Å². The molecule has 1 heterocycles. The number of rotatable bonds is 8. The lowest BCUT2D eigenvalue weighted by molar-refractivity contribution is -0.385. The summed E-state index contributed by atoms with van der Waals surface area (Å²) in [5.74, 6) is -0.105. The first-order valence-corrected chi connectivity index (χ1v) is 7.45. The van der Waals surface area contributed by atoms with Crippen LogP contribution in [-0.2, 0) is 0 Å². The minimum absolute atomic E-state index is 0.0506. The van der Waals surface area contributed by atoms with E-state index >= 15 is 0 Å². The van der Waals surface area contributed by atoms with E-state index in [4.69, 9.17) is 11.6 Å². The Kier molecular flexibility index (Phi) is 7.08. The largest absolute Gasteiger partial charge is 0.352 e. The van der Waals surface area contributed by atoms with Crippen LogP contribution in [-0.4, -0.2) is 22.4 Å². The van der Waals surface area contributed by atoms with Gasteiger partial charge in [0.2, 0.25) is 0 Å². The zero-order valence-corrected chi connectivity index (χ0v) is 13.0. The first-order chi connectivity index (χ1) is 9.99. The fourth-order valence-electron chi connectivity index (χ4n) is 2.03. The van der Waals surface area contributed by atoms with E-state index in [9.17, 15) is 14.9 Å². The number of aromatic nitrogens is 1. The van der Waals surface area contributed by atoms with Crippen molar-refractivity contribution in [1.82, 2.24) is 10.3 Å². The lowest BCUT2D eigenvalue weighted by atomic mass is 9.99. The van der Waals surface area contributed by atoms with Crippen molar-refractivity contribution in [2.45, 2.75) is 39.5 Å². The summed E-state index contributed by atoms with van der Waals surface area (Å²) in [6.07, 6.45) is 5.21. The van der Waals surface area contributed by atoms with Gasteiger partial charge in [-0.05, 0) is 18.4 Å². The molecular formula is C14H20ClN3O3. The van der Waals surface area contributed by atoms with Crippen molar-refractivity contribution in [3.8, 4) is 0 Å². The summed E-state index contributed by atoms with van der Waals surface area (Å²) in [5.41, 5.74) is -0.385. The molecule has 6 nitrogen and oxygen atoms in total. The summed E-state index contributed by atoms with van der Waals surface area (Å²) in [6.45, 7) is 4.69. The highest BCUT2D eigenvalue weighted by atomic mass is 35.5. The van der Waals surface area contributed by atoms with Gasteiger partial charge in [-0.15, -0.1) is 0 Å². The minimum atomic E-state index is -0.632. The molecular weight excluding hydrogens is 294 g/mol. The lowest BCUT2D eigenvalue weighted by Gasteiger charge is -2.15. The smallest absolute Gasteiger partial charge is 0.300 e. The van der Waals surface area contributed by atoms with Crippen LogP contribution in [0, 0.1) is 16.0 Å². The molecule has 1 N–H and O–H groups in total. The monoisotopic (exact) mass is 313 g/mol. The number of hydrogen-bond donors (Lipinski definition) is 1. The molecule has 0 aliphatic heterocycles. The van der Waals surface area contributed by atoms with Gasteiger partial charge in [0.05, 0.1) is 4.92 Å². The summed E-state index contributed by atoms with van der Waals surface area (Å²) < 4.78 is 0. The van der Waals surface area contributed by atoms with Crippen LogP contribution in [0.4, 0.5) is 5.69 Å². The molecule has 1 aromatic rings. The summed E-state index contributed by atoms with van der Waals surface area (Å²) in [6, 6.07) is 1.22. The Morgan fingerprint density at radius 1 is 1.52 bits per heavy atom. The van der Waals surface area contributed by atoms with Crippen LogP contribution in [0.1, 0.15) is 49.9 Å². The summed E-state index contributed by atoms with van der Waals surface area (Å²) in [7, 11) is 0. The maximum Gasteiger partial charge on any atom is 0.300 e. The Hall–Kier alpha value is -1.69. The van der Waals surface area contributed by atoms with Gasteiger partial charge in [0.15, 0.2) is 0 Å². The van der Waals surface area contributed by atoms with Gasteiger partial charge < -0.3 is 5.32 Å². The van der Waals surface area contributed by atoms with Gasteiger partial charge in [0.1, 0.15) is 16.9 Å². The van der Waals surface area contributed by atoms with E-state index in [0.29, 0.717) is 12.5 Å². The number of unbranched alkanes of at least 4 members (excludes halogenated alkanes) is 1. The topological polar surface area (TPSA) is 85.1 Å². The van der Waals surface area contributed by atoms with Crippen molar-refractivity contribution < 1.29 is 9.72 Å².